The molecule has 0 amide bonds. The Hall–Kier alpha value is -2.22. The molecule has 8 heteroatoms. The van der Waals surface area contributed by atoms with Crippen LogP contribution in [0.15, 0.2) is 17.8 Å². The molecule has 0 fully saturated rings. The van der Waals surface area contributed by atoms with E-state index in [1.54, 1.807) is 17.7 Å². The van der Waals surface area contributed by atoms with Gasteiger partial charge in [-0.25, -0.2) is 4.98 Å². The largest absolute Gasteiger partial charge is 0.362 e. The molecule has 21 heavy (non-hydrogen) atoms. The number of rotatable bonds is 6. The van der Waals surface area contributed by atoms with E-state index in [1.807, 2.05) is 22.9 Å². The minimum Gasteiger partial charge on any atom is -0.362 e. The van der Waals surface area contributed by atoms with Gasteiger partial charge >= 0.3 is 0 Å². The highest BCUT2D eigenvalue weighted by Crippen LogP contribution is 2.26. The number of aromatic nitrogens is 5. The first-order chi connectivity index (χ1) is 10.3. The predicted octanol–water partition coefficient (Wildman–Crippen LogP) is 2.35. The first-order valence-corrected chi connectivity index (χ1v) is 7.79. The molecule has 0 atom stereocenters. The van der Waals surface area contributed by atoms with Crippen molar-refractivity contribution in [2.24, 2.45) is 0 Å². The number of hydrogen-bond acceptors (Lipinski definition) is 7. The summed E-state index contributed by atoms with van der Waals surface area (Å²) >= 11 is 1.61. The summed E-state index contributed by atoms with van der Waals surface area (Å²) in [6.45, 7) is 6.32. The second kappa shape index (κ2) is 6.04. The SMILES string of the molecule is CCNc1nc(NCc2nncn2CC)c2ccsc2n1. The summed E-state index contributed by atoms with van der Waals surface area (Å²) in [5.74, 6) is 2.36. The highest BCUT2D eigenvalue weighted by molar-refractivity contribution is 7.16. The van der Waals surface area contributed by atoms with Gasteiger partial charge in [0, 0.05) is 13.1 Å². The Morgan fingerprint density at radius 2 is 2.14 bits per heavy atom. The average Bonchev–Trinajstić information content (AvgIpc) is 3.13. The molecule has 3 rings (SSSR count). The minimum atomic E-state index is 0.585. The van der Waals surface area contributed by atoms with Crippen LogP contribution in [0.5, 0.6) is 0 Å². The molecule has 3 aromatic rings. The number of nitrogens with zero attached hydrogens (tertiary/aromatic N) is 5. The van der Waals surface area contributed by atoms with Crippen LogP contribution in [0.2, 0.25) is 0 Å². The lowest BCUT2D eigenvalue weighted by molar-refractivity contribution is 0.707. The Morgan fingerprint density at radius 3 is 2.95 bits per heavy atom. The van der Waals surface area contributed by atoms with E-state index in [2.05, 4.69) is 37.7 Å². The molecule has 110 valence electrons. The third-order valence-corrected chi connectivity index (χ3v) is 3.92. The van der Waals surface area contributed by atoms with Crippen molar-refractivity contribution in [1.29, 1.82) is 0 Å². The molecule has 3 heterocycles. The molecule has 0 radical (unpaired) electrons. The second-order valence-corrected chi connectivity index (χ2v) is 5.35. The van der Waals surface area contributed by atoms with Crippen LogP contribution in [0, 0.1) is 0 Å². The van der Waals surface area contributed by atoms with Crippen molar-refractivity contribution in [3.05, 3.63) is 23.6 Å². The van der Waals surface area contributed by atoms with E-state index < -0.39 is 0 Å². The monoisotopic (exact) mass is 303 g/mol. The third kappa shape index (κ3) is 2.80. The van der Waals surface area contributed by atoms with Crippen molar-refractivity contribution in [2.75, 3.05) is 17.2 Å². The van der Waals surface area contributed by atoms with E-state index in [-0.39, 0.29) is 0 Å². The van der Waals surface area contributed by atoms with Crippen LogP contribution >= 0.6 is 11.3 Å². The van der Waals surface area contributed by atoms with E-state index in [4.69, 9.17) is 0 Å². The fraction of sp³-hybridized carbons (Fsp3) is 0.385. The van der Waals surface area contributed by atoms with Gasteiger partial charge in [0.05, 0.1) is 11.9 Å². The van der Waals surface area contributed by atoms with Crippen molar-refractivity contribution >= 4 is 33.3 Å². The Labute approximate surface area is 126 Å². The summed E-state index contributed by atoms with van der Waals surface area (Å²) in [5.41, 5.74) is 0. The van der Waals surface area contributed by atoms with Gasteiger partial charge in [0.15, 0.2) is 5.82 Å². The number of anilines is 2. The summed E-state index contributed by atoms with van der Waals surface area (Å²) in [4.78, 5) is 9.99. The Balaban J connectivity index is 1.87. The van der Waals surface area contributed by atoms with Crippen LogP contribution < -0.4 is 10.6 Å². The normalized spacial score (nSPS) is 11.0. The molecule has 0 aliphatic carbocycles. The van der Waals surface area contributed by atoms with Gasteiger partial charge in [0.25, 0.3) is 0 Å². The maximum Gasteiger partial charge on any atom is 0.226 e. The summed E-state index contributed by atoms with van der Waals surface area (Å²) < 4.78 is 2.00. The third-order valence-electron chi connectivity index (χ3n) is 3.11. The van der Waals surface area contributed by atoms with E-state index in [0.29, 0.717) is 12.5 Å². The average molecular weight is 303 g/mol. The van der Waals surface area contributed by atoms with Gasteiger partial charge in [0.1, 0.15) is 17.0 Å². The lowest BCUT2D eigenvalue weighted by Gasteiger charge is -2.09. The van der Waals surface area contributed by atoms with Crippen molar-refractivity contribution in [2.45, 2.75) is 26.9 Å². The van der Waals surface area contributed by atoms with E-state index >= 15 is 0 Å². The van der Waals surface area contributed by atoms with Crippen LogP contribution in [0.1, 0.15) is 19.7 Å². The molecule has 0 aromatic carbocycles. The molecule has 0 saturated heterocycles. The van der Waals surface area contributed by atoms with E-state index in [1.165, 1.54) is 0 Å². The van der Waals surface area contributed by atoms with Gasteiger partial charge < -0.3 is 15.2 Å². The zero-order chi connectivity index (χ0) is 14.7. The highest BCUT2D eigenvalue weighted by atomic mass is 32.1. The minimum absolute atomic E-state index is 0.585. The van der Waals surface area contributed by atoms with Gasteiger partial charge in [0.2, 0.25) is 5.95 Å². The molecule has 0 aliphatic rings. The zero-order valence-corrected chi connectivity index (χ0v) is 12.8. The lowest BCUT2D eigenvalue weighted by atomic mass is 10.3. The summed E-state index contributed by atoms with van der Waals surface area (Å²) in [6, 6.07) is 2.03. The van der Waals surface area contributed by atoms with Gasteiger partial charge in [-0.1, -0.05) is 0 Å². The molecule has 0 bridgehead atoms. The standard InChI is InChI=1S/C13H17N7S/c1-3-14-13-17-11(9-5-6-21-12(9)18-13)15-7-10-19-16-8-20(10)4-2/h5-6,8H,3-4,7H2,1-2H3,(H2,14,15,17,18). The second-order valence-electron chi connectivity index (χ2n) is 4.45. The van der Waals surface area contributed by atoms with Crippen LogP contribution in [-0.4, -0.2) is 31.3 Å². The summed E-state index contributed by atoms with van der Waals surface area (Å²) in [5, 5.41) is 17.6. The van der Waals surface area contributed by atoms with E-state index in [0.717, 1.165) is 34.9 Å². The molecule has 2 N–H and O–H groups in total. The summed E-state index contributed by atoms with van der Waals surface area (Å²) in [6.07, 6.45) is 1.74. The van der Waals surface area contributed by atoms with Crippen molar-refractivity contribution in [3.63, 3.8) is 0 Å². The smallest absolute Gasteiger partial charge is 0.226 e. The lowest BCUT2D eigenvalue weighted by Crippen LogP contribution is -2.10. The number of fused-ring (bicyclic) bond motifs is 1. The summed E-state index contributed by atoms with van der Waals surface area (Å²) in [7, 11) is 0. The molecule has 7 nitrogen and oxygen atoms in total. The van der Waals surface area contributed by atoms with Gasteiger partial charge in [-0.3, -0.25) is 0 Å². The first-order valence-electron chi connectivity index (χ1n) is 6.91. The van der Waals surface area contributed by atoms with Crippen molar-refractivity contribution < 1.29 is 0 Å². The predicted molar refractivity (Wildman–Crippen MR) is 84.6 cm³/mol. The topological polar surface area (TPSA) is 80.5 Å². The fourth-order valence-electron chi connectivity index (χ4n) is 2.07. The van der Waals surface area contributed by atoms with Gasteiger partial charge in [-0.15, -0.1) is 21.5 Å². The van der Waals surface area contributed by atoms with Crippen LogP contribution in [-0.2, 0) is 13.1 Å². The number of thiophene rings is 1. The van der Waals surface area contributed by atoms with E-state index in [9.17, 15) is 0 Å². The van der Waals surface area contributed by atoms with Gasteiger partial charge in [-0.2, -0.15) is 4.98 Å². The number of nitrogens with one attached hydrogen (secondary N) is 2. The van der Waals surface area contributed by atoms with Crippen LogP contribution in [0.3, 0.4) is 0 Å². The van der Waals surface area contributed by atoms with Crippen molar-refractivity contribution in [3.8, 4) is 0 Å². The molecule has 3 aromatic heterocycles. The molecule has 0 aliphatic heterocycles. The van der Waals surface area contributed by atoms with Crippen molar-refractivity contribution in [1.82, 2.24) is 24.7 Å². The molecular formula is C13H17N7S. The first kappa shape index (κ1) is 13.7. The van der Waals surface area contributed by atoms with Crippen LogP contribution in [0.4, 0.5) is 11.8 Å². The molecular weight excluding hydrogens is 286 g/mol. The molecule has 0 unspecified atom stereocenters. The maximum absolute atomic E-state index is 4.53. The van der Waals surface area contributed by atoms with Gasteiger partial charge in [-0.05, 0) is 25.3 Å². The maximum atomic E-state index is 4.53. The highest BCUT2D eigenvalue weighted by Gasteiger charge is 2.10. The number of aryl methyl sites for hydroxylation is 1. The Bertz CT molecular complexity index is 733. The van der Waals surface area contributed by atoms with Crippen LogP contribution in [0.25, 0.3) is 10.2 Å². The quantitative estimate of drug-likeness (QED) is 0.727. The Kier molecular flexibility index (Phi) is 3.96. The molecule has 0 saturated carbocycles. The fourth-order valence-corrected chi connectivity index (χ4v) is 2.83. The number of hydrogen-bond donors (Lipinski definition) is 2. The molecule has 0 spiro atoms. The zero-order valence-electron chi connectivity index (χ0n) is 12.0. The Morgan fingerprint density at radius 1 is 1.24 bits per heavy atom.